The zero-order chi connectivity index (χ0) is 24.8. The summed E-state index contributed by atoms with van der Waals surface area (Å²) in [5.41, 5.74) is 7.98. The van der Waals surface area contributed by atoms with Crippen molar-refractivity contribution in [1.82, 2.24) is 25.3 Å². The molecule has 34 heavy (non-hydrogen) atoms. The smallest absolute Gasteiger partial charge is 0.232 e. The number of rotatable bonds is 9. The summed E-state index contributed by atoms with van der Waals surface area (Å²) >= 11 is 5.35. The number of anilines is 1. The van der Waals surface area contributed by atoms with Gasteiger partial charge in [0.05, 0.1) is 42.2 Å². The number of carbonyl (C=O) groups excluding carboxylic acids is 1. The predicted molar refractivity (Wildman–Crippen MR) is 139 cm³/mol. The van der Waals surface area contributed by atoms with Gasteiger partial charge < -0.3 is 20.5 Å². The molecule has 4 rings (SSSR count). The van der Waals surface area contributed by atoms with Crippen LogP contribution in [0.2, 0.25) is 0 Å². The number of nitrogens with one attached hydrogen (secondary N) is 1. The topological polar surface area (TPSA) is 125 Å². The largest absolute Gasteiger partial charge is 0.477 e. The Balaban J connectivity index is 0.000000207. The number of aromatic nitrogens is 4. The molecule has 0 aromatic carbocycles. The fourth-order valence-electron chi connectivity index (χ4n) is 2.43. The van der Waals surface area contributed by atoms with Crippen molar-refractivity contribution < 1.29 is 14.3 Å². The lowest BCUT2D eigenvalue weighted by Gasteiger charge is -2.15. The van der Waals surface area contributed by atoms with Gasteiger partial charge in [-0.15, -0.1) is 11.3 Å². The Hall–Kier alpha value is -2.60. The average Bonchev–Trinajstić information content (AvgIpc) is 3.48. The van der Waals surface area contributed by atoms with Gasteiger partial charge in [-0.05, 0) is 45.9 Å². The second-order valence-electron chi connectivity index (χ2n) is 7.10. The summed E-state index contributed by atoms with van der Waals surface area (Å²) in [6, 6.07) is 3.75. The van der Waals surface area contributed by atoms with E-state index in [1.807, 2.05) is 27.0 Å². The number of hydrogen-bond donors (Lipinski definition) is 3. The zero-order valence-corrected chi connectivity index (χ0v) is 21.4. The Labute approximate surface area is 210 Å². The number of nitrogens with two attached hydrogens (primary N) is 1. The van der Waals surface area contributed by atoms with Crippen molar-refractivity contribution >= 4 is 35.9 Å². The molecule has 0 bridgehead atoms. The third kappa shape index (κ3) is 10.1. The first-order valence-electron chi connectivity index (χ1n) is 11.0. The van der Waals surface area contributed by atoms with E-state index >= 15 is 0 Å². The van der Waals surface area contributed by atoms with Crippen LogP contribution in [0.15, 0.2) is 36.9 Å². The number of pyridine rings is 1. The van der Waals surface area contributed by atoms with E-state index in [2.05, 4.69) is 37.9 Å². The molecular weight excluding hydrogens is 472 g/mol. The molecular formula is C23H32N6O3S2. The highest BCUT2D eigenvalue weighted by atomic mass is 32.1. The first-order chi connectivity index (χ1) is 16.5. The summed E-state index contributed by atoms with van der Waals surface area (Å²) in [7, 11) is 1.88. The lowest BCUT2D eigenvalue weighted by Crippen LogP contribution is -2.22. The highest BCUT2D eigenvalue weighted by Gasteiger charge is 2.14. The van der Waals surface area contributed by atoms with Crippen molar-refractivity contribution in [3.8, 4) is 16.5 Å². The van der Waals surface area contributed by atoms with Crippen molar-refractivity contribution in [2.24, 2.45) is 0 Å². The molecule has 1 atom stereocenters. The molecule has 0 radical (unpaired) electrons. The number of ether oxygens (including phenoxy) is 2. The molecule has 3 N–H and O–H groups in total. The molecule has 3 heterocycles. The minimum Gasteiger partial charge on any atom is -0.477 e. The number of nitrogens with zero attached hydrogens (tertiary/aromatic N) is 4. The van der Waals surface area contributed by atoms with E-state index in [0.29, 0.717) is 42.7 Å². The Bertz CT molecular complexity index is 1000. The molecule has 1 aliphatic rings. The number of likely N-dealkylation sites (N-methyl/N-ethyl adjacent to an activating group) is 1. The SMILES string of the molecule is CCOC[C@@H](NC)c1cc(N)ccn1.CCOc1cncc(-c2cnc(C=O)s2)n1.SC1CC1. The van der Waals surface area contributed by atoms with Gasteiger partial charge in [0.15, 0.2) is 11.3 Å². The number of hydrogen-bond acceptors (Lipinski definition) is 11. The molecule has 1 saturated carbocycles. The van der Waals surface area contributed by atoms with E-state index in [1.165, 1.54) is 24.2 Å². The van der Waals surface area contributed by atoms with E-state index in [4.69, 9.17) is 15.2 Å². The standard InChI is InChI=1S/C10H9N3O2S.C10H17N3O.C3H6S/c1-2-15-9-5-11-3-7(13-9)8-4-12-10(6-14)16-8;1-3-14-7-10(12-2)9-6-8(11)4-5-13-9;4-3-1-2-3/h3-6H,2H2,1H3;4-6,10,12H,3,7H2,1-2H3,(H2,11,13);3-4H,1-2H2/t;10-;/m.1./s1. The third-order valence-electron chi connectivity index (χ3n) is 4.33. The molecule has 0 amide bonds. The molecule has 1 aliphatic carbocycles. The third-order valence-corrected chi connectivity index (χ3v) is 5.79. The Morgan fingerprint density at radius 2 is 2.03 bits per heavy atom. The number of aldehydes is 1. The van der Waals surface area contributed by atoms with Crippen molar-refractivity contribution in [3.63, 3.8) is 0 Å². The molecule has 0 aliphatic heterocycles. The second kappa shape index (κ2) is 15.3. The minimum atomic E-state index is 0.110. The maximum atomic E-state index is 10.5. The van der Waals surface area contributed by atoms with Crippen LogP contribution in [-0.4, -0.2) is 58.3 Å². The van der Waals surface area contributed by atoms with Crippen LogP contribution >= 0.6 is 24.0 Å². The van der Waals surface area contributed by atoms with Crippen molar-refractivity contribution in [2.75, 3.05) is 32.6 Å². The van der Waals surface area contributed by atoms with Crippen LogP contribution in [0.4, 0.5) is 5.69 Å². The lowest BCUT2D eigenvalue weighted by molar-refractivity contribution is 0.112. The monoisotopic (exact) mass is 504 g/mol. The highest BCUT2D eigenvalue weighted by Crippen LogP contribution is 2.25. The van der Waals surface area contributed by atoms with Crippen molar-refractivity contribution in [3.05, 3.63) is 47.6 Å². The van der Waals surface area contributed by atoms with Crippen LogP contribution in [0.1, 0.15) is 48.2 Å². The fraction of sp³-hybridized carbons (Fsp3) is 0.435. The quantitative estimate of drug-likeness (QED) is 0.294. The Morgan fingerprint density at radius 1 is 1.26 bits per heavy atom. The highest BCUT2D eigenvalue weighted by molar-refractivity contribution is 7.81. The van der Waals surface area contributed by atoms with Crippen molar-refractivity contribution in [1.29, 1.82) is 0 Å². The van der Waals surface area contributed by atoms with E-state index in [1.54, 1.807) is 30.9 Å². The molecule has 3 aromatic rings. The van der Waals surface area contributed by atoms with Crippen LogP contribution in [-0.2, 0) is 4.74 Å². The molecule has 0 unspecified atom stereocenters. The van der Waals surface area contributed by atoms with Crippen molar-refractivity contribution in [2.45, 2.75) is 38.0 Å². The summed E-state index contributed by atoms with van der Waals surface area (Å²) in [6.07, 6.45) is 9.90. The van der Waals surface area contributed by atoms with Gasteiger partial charge in [0.2, 0.25) is 5.88 Å². The Kier molecular flexibility index (Phi) is 12.5. The molecule has 0 saturated heterocycles. The van der Waals surface area contributed by atoms with Crippen LogP contribution < -0.4 is 15.8 Å². The zero-order valence-electron chi connectivity index (χ0n) is 19.7. The van der Waals surface area contributed by atoms with Crippen LogP contribution in [0.5, 0.6) is 5.88 Å². The first kappa shape index (κ1) is 27.6. The maximum Gasteiger partial charge on any atom is 0.232 e. The number of carbonyl (C=O) groups is 1. The summed E-state index contributed by atoms with van der Waals surface area (Å²) in [5, 5.41) is 4.34. The van der Waals surface area contributed by atoms with E-state index in [9.17, 15) is 4.79 Å². The van der Waals surface area contributed by atoms with E-state index in [0.717, 1.165) is 21.5 Å². The normalized spacial score (nSPS) is 13.1. The van der Waals surface area contributed by atoms with Gasteiger partial charge in [-0.25, -0.2) is 9.97 Å². The van der Waals surface area contributed by atoms with E-state index < -0.39 is 0 Å². The number of thiol groups is 1. The molecule has 0 spiro atoms. The van der Waals surface area contributed by atoms with Gasteiger partial charge in [0.25, 0.3) is 0 Å². The fourth-order valence-corrected chi connectivity index (χ4v) is 3.26. The Morgan fingerprint density at radius 3 is 2.59 bits per heavy atom. The van der Waals surface area contributed by atoms with Gasteiger partial charge in [0.1, 0.15) is 5.69 Å². The summed E-state index contributed by atoms with van der Waals surface area (Å²) in [6.45, 7) is 5.72. The molecule has 3 aromatic heterocycles. The predicted octanol–water partition coefficient (Wildman–Crippen LogP) is 3.85. The summed E-state index contributed by atoms with van der Waals surface area (Å²) < 4.78 is 10.6. The lowest BCUT2D eigenvalue weighted by atomic mass is 10.2. The van der Waals surface area contributed by atoms with Gasteiger partial charge in [-0.2, -0.15) is 12.6 Å². The van der Waals surface area contributed by atoms with Gasteiger partial charge >= 0.3 is 0 Å². The maximum absolute atomic E-state index is 10.5. The van der Waals surface area contributed by atoms with Crippen LogP contribution in [0.25, 0.3) is 10.6 Å². The summed E-state index contributed by atoms with van der Waals surface area (Å²) in [5.74, 6) is 0.473. The molecule has 184 valence electrons. The first-order valence-corrected chi connectivity index (χ1v) is 12.3. The number of thiazole rings is 1. The summed E-state index contributed by atoms with van der Waals surface area (Å²) in [4.78, 5) is 27.7. The van der Waals surface area contributed by atoms with E-state index in [-0.39, 0.29) is 6.04 Å². The molecule has 11 heteroatoms. The second-order valence-corrected chi connectivity index (χ2v) is 8.89. The molecule has 9 nitrogen and oxygen atoms in total. The van der Waals surface area contributed by atoms with Gasteiger partial charge in [-0.3, -0.25) is 14.8 Å². The number of nitrogen functional groups attached to an aromatic ring is 1. The minimum absolute atomic E-state index is 0.110. The van der Waals surface area contributed by atoms with Gasteiger partial charge in [0, 0.05) is 29.9 Å². The van der Waals surface area contributed by atoms with Gasteiger partial charge in [-0.1, -0.05) is 0 Å². The van der Waals surface area contributed by atoms with Crippen LogP contribution in [0.3, 0.4) is 0 Å². The molecule has 1 fully saturated rings. The average molecular weight is 505 g/mol. The van der Waals surface area contributed by atoms with Crippen LogP contribution in [0, 0.1) is 0 Å².